The second-order valence-electron chi connectivity index (χ2n) is 11.6. The van der Waals surface area contributed by atoms with Gasteiger partial charge in [-0.3, -0.25) is 38.6 Å². The van der Waals surface area contributed by atoms with Crippen LogP contribution in [-0.2, 0) is 22.4 Å². The van der Waals surface area contributed by atoms with Gasteiger partial charge in [-0.1, -0.05) is 84.9 Å². The summed E-state index contributed by atoms with van der Waals surface area (Å²) < 4.78 is 0. The molecule has 0 saturated heterocycles. The lowest BCUT2D eigenvalue weighted by atomic mass is 10.1. The lowest BCUT2D eigenvalue weighted by molar-refractivity contribution is -0.137. The maximum absolute atomic E-state index is 12.3. The summed E-state index contributed by atoms with van der Waals surface area (Å²) >= 11 is 0. The molecule has 0 aromatic heterocycles. The van der Waals surface area contributed by atoms with Crippen LogP contribution in [0.4, 0.5) is 0 Å². The Labute approximate surface area is 293 Å². The third-order valence-electron chi connectivity index (χ3n) is 7.84. The Morgan fingerprint density at radius 3 is 1.31 bits per heavy atom. The van der Waals surface area contributed by atoms with Gasteiger partial charge in [-0.15, -0.1) is 0 Å². The maximum atomic E-state index is 12.3. The number of benzene rings is 4. The number of carbonyl (C=O) groups excluding carboxylic acids is 5. The first-order chi connectivity index (χ1) is 24.5. The van der Waals surface area contributed by atoms with Crippen LogP contribution in [0.2, 0.25) is 0 Å². The number of amides is 5. The van der Waals surface area contributed by atoms with Crippen molar-refractivity contribution >= 4 is 35.5 Å². The Morgan fingerprint density at radius 1 is 0.569 bits per heavy atom. The van der Waals surface area contributed by atoms with E-state index in [0.717, 1.165) is 21.8 Å². The summed E-state index contributed by atoms with van der Waals surface area (Å²) in [5, 5.41) is 29.4. The number of aliphatic hydroxyl groups excluding tert-OH is 2. The number of carboxylic acids is 1. The number of nitrogens with zero attached hydrogens (tertiary/aromatic N) is 2. The molecule has 2 atom stereocenters. The van der Waals surface area contributed by atoms with Crippen molar-refractivity contribution in [3.05, 3.63) is 143 Å². The first-order valence-corrected chi connectivity index (χ1v) is 16.0. The van der Waals surface area contributed by atoms with Crippen molar-refractivity contribution in [2.75, 3.05) is 26.3 Å². The Bertz CT molecular complexity index is 1800. The monoisotopic (exact) mass is 694 g/mol. The summed E-state index contributed by atoms with van der Waals surface area (Å²) in [5.41, 5.74) is 8.86. The number of imide groups is 2. The minimum atomic E-state index is -1.20. The molecule has 4 aromatic rings. The van der Waals surface area contributed by atoms with Crippen LogP contribution >= 0.6 is 0 Å². The van der Waals surface area contributed by atoms with E-state index < -0.39 is 48.1 Å². The summed E-state index contributed by atoms with van der Waals surface area (Å²) in [6.07, 6.45) is 1.21. The second kappa shape index (κ2) is 18.1. The quantitative estimate of drug-likeness (QED) is 0.144. The average molecular weight is 695 g/mol. The van der Waals surface area contributed by atoms with E-state index in [4.69, 9.17) is 15.9 Å². The van der Waals surface area contributed by atoms with Crippen molar-refractivity contribution in [2.45, 2.75) is 24.9 Å². The van der Waals surface area contributed by atoms with E-state index in [1.165, 1.54) is 17.7 Å². The van der Waals surface area contributed by atoms with Crippen molar-refractivity contribution in [1.82, 2.24) is 15.1 Å². The molecule has 6 N–H and O–H groups in total. The zero-order valence-corrected chi connectivity index (χ0v) is 27.6. The molecule has 2 heterocycles. The van der Waals surface area contributed by atoms with Gasteiger partial charge in [0.05, 0.1) is 41.5 Å². The summed E-state index contributed by atoms with van der Waals surface area (Å²) in [5.74, 6) is -3.72. The molecule has 0 saturated carbocycles. The molecular formula is C38H38N4O9. The number of aliphatic carboxylic acids is 1. The van der Waals surface area contributed by atoms with Crippen LogP contribution in [0.3, 0.4) is 0 Å². The van der Waals surface area contributed by atoms with Crippen molar-refractivity contribution in [2.24, 2.45) is 5.73 Å². The highest BCUT2D eigenvalue weighted by molar-refractivity contribution is 6.23. The van der Waals surface area contributed by atoms with Gasteiger partial charge < -0.3 is 26.4 Å². The number of rotatable bonds is 11. The standard InChI is InChI=1S/C19H18N2O4.C10H7NO4.C9H13NO/c22-12-14(10-13-6-2-1-3-7-13)20-17(23)11-21-18(24)15-8-4-5-9-16(15)19(21)25;12-8(13)5-11-9(14)6-3-1-2-4-7(6)10(11)15;10-9(7-11)6-8-4-2-1-3-5-8/h1-9,14,22H,10-12H2,(H,20,23);1-4H,5H2,(H,12,13);1-5,9,11H,6-7,10H2. The van der Waals surface area contributed by atoms with Crippen LogP contribution in [0, 0.1) is 0 Å². The molecular weight excluding hydrogens is 656 g/mol. The molecule has 5 amide bonds. The summed E-state index contributed by atoms with van der Waals surface area (Å²) in [6, 6.07) is 31.5. The third kappa shape index (κ3) is 10.0. The van der Waals surface area contributed by atoms with Crippen LogP contribution in [0.15, 0.2) is 109 Å². The van der Waals surface area contributed by atoms with E-state index in [9.17, 15) is 33.9 Å². The van der Waals surface area contributed by atoms with Gasteiger partial charge in [0.15, 0.2) is 0 Å². The van der Waals surface area contributed by atoms with E-state index in [2.05, 4.69) is 5.32 Å². The summed E-state index contributed by atoms with van der Waals surface area (Å²) in [7, 11) is 0. The number of hydrogen-bond acceptors (Lipinski definition) is 9. The van der Waals surface area contributed by atoms with Crippen LogP contribution in [0.1, 0.15) is 52.6 Å². The van der Waals surface area contributed by atoms with Crippen LogP contribution in [-0.4, -0.2) is 99.0 Å². The van der Waals surface area contributed by atoms with Gasteiger partial charge in [0.2, 0.25) is 5.91 Å². The molecule has 0 fully saturated rings. The Balaban J connectivity index is 0.000000190. The Kier molecular flexibility index (Phi) is 13.4. The lowest BCUT2D eigenvalue weighted by Crippen LogP contribution is -2.46. The minimum Gasteiger partial charge on any atom is -0.480 e. The minimum absolute atomic E-state index is 0.0505. The molecule has 2 unspecified atom stereocenters. The van der Waals surface area contributed by atoms with E-state index in [-0.39, 0.29) is 36.9 Å². The zero-order valence-electron chi connectivity index (χ0n) is 27.6. The van der Waals surface area contributed by atoms with Crippen LogP contribution in [0.25, 0.3) is 0 Å². The zero-order chi connectivity index (χ0) is 36.9. The lowest BCUT2D eigenvalue weighted by Gasteiger charge is -2.19. The fraction of sp³-hybridized carbons (Fsp3) is 0.211. The molecule has 2 aliphatic rings. The first kappa shape index (κ1) is 37.8. The van der Waals surface area contributed by atoms with E-state index in [1.807, 2.05) is 60.7 Å². The van der Waals surface area contributed by atoms with Gasteiger partial charge in [0, 0.05) is 6.04 Å². The van der Waals surface area contributed by atoms with Crippen LogP contribution < -0.4 is 11.1 Å². The molecule has 51 heavy (non-hydrogen) atoms. The number of nitrogens with one attached hydrogen (secondary N) is 1. The van der Waals surface area contributed by atoms with Gasteiger partial charge >= 0.3 is 5.97 Å². The predicted octanol–water partition coefficient (Wildman–Crippen LogP) is 1.92. The maximum Gasteiger partial charge on any atom is 0.323 e. The molecule has 264 valence electrons. The van der Waals surface area contributed by atoms with Crippen LogP contribution in [0.5, 0.6) is 0 Å². The van der Waals surface area contributed by atoms with Crippen molar-refractivity contribution < 1.29 is 44.1 Å². The molecule has 13 heteroatoms. The average Bonchev–Trinajstić information content (AvgIpc) is 3.52. The molecule has 0 spiro atoms. The molecule has 6 rings (SSSR count). The van der Waals surface area contributed by atoms with E-state index in [1.54, 1.807) is 36.4 Å². The number of nitrogens with two attached hydrogens (primary N) is 1. The van der Waals surface area contributed by atoms with Gasteiger partial charge in [-0.2, -0.15) is 0 Å². The molecule has 13 nitrogen and oxygen atoms in total. The predicted molar refractivity (Wildman–Crippen MR) is 186 cm³/mol. The number of fused-ring (bicyclic) bond motifs is 2. The smallest absolute Gasteiger partial charge is 0.323 e. The molecule has 0 bridgehead atoms. The first-order valence-electron chi connectivity index (χ1n) is 16.0. The summed E-state index contributed by atoms with van der Waals surface area (Å²) in [6.45, 7) is -1.14. The second-order valence-corrected chi connectivity index (χ2v) is 11.6. The van der Waals surface area contributed by atoms with Crippen molar-refractivity contribution in [3.8, 4) is 0 Å². The number of carbonyl (C=O) groups is 6. The third-order valence-corrected chi connectivity index (χ3v) is 7.84. The SMILES string of the molecule is NC(CO)Cc1ccccc1.O=C(CN1C(=O)c2ccccc2C1=O)NC(CO)Cc1ccccc1.O=C(O)CN1C(=O)c2ccccc2C1=O. The fourth-order valence-electron chi connectivity index (χ4n) is 5.36. The number of carboxylic acid groups (broad SMARTS) is 1. The largest absolute Gasteiger partial charge is 0.480 e. The van der Waals surface area contributed by atoms with Gasteiger partial charge in [0.1, 0.15) is 13.1 Å². The van der Waals surface area contributed by atoms with Gasteiger partial charge in [0.25, 0.3) is 23.6 Å². The van der Waals surface area contributed by atoms with Crippen molar-refractivity contribution in [3.63, 3.8) is 0 Å². The Hall–Kier alpha value is -6.02. The molecule has 4 aromatic carbocycles. The molecule has 0 radical (unpaired) electrons. The highest BCUT2D eigenvalue weighted by Crippen LogP contribution is 2.23. The number of hydrogen-bond donors (Lipinski definition) is 5. The highest BCUT2D eigenvalue weighted by atomic mass is 16.4. The molecule has 0 aliphatic carbocycles. The highest BCUT2D eigenvalue weighted by Gasteiger charge is 2.37. The summed E-state index contributed by atoms with van der Waals surface area (Å²) in [4.78, 5) is 72.0. The Morgan fingerprint density at radius 2 is 0.941 bits per heavy atom. The van der Waals surface area contributed by atoms with Gasteiger partial charge in [-0.05, 0) is 48.2 Å². The van der Waals surface area contributed by atoms with E-state index >= 15 is 0 Å². The van der Waals surface area contributed by atoms with Crippen molar-refractivity contribution in [1.29, 1.82) is 0 Å². The van der Waals surface area contributed by atoms with Gasteiger partial charge in [-0.25, -0.2) is 0 Å². The molecule has 2 aliphatic heterocycles. The number of aliphatic hydroxyl groups is 2. The fourth-order valence-corrected chi connectivity index (χ4v) is 5.36. The van der Waals surface area contributed by atoms with E-state index in [0.29, 0.717) is 17.5 Å². The topological polar surface area (TPSA) is 208 Å². The normalized spacial score (nSPS) is 14.0.